The van der Waals surface area contributed by atoms with Crippen LogP contribution < -0.4 is 5.32 Å². The molecule has 2 unspecified atom stereocenters. The van der Waals surface area contributed by atoms with Crippen LogP contribution in [0.1, 0.15) is 31.4 Å². The molecule has 1 heterocycles. The highest BCUT2D eigenvalue weighted by Gasteiger charge is 2.23. The first-order valence-corrected chi connectivity index (χ1v) is 6.84. The molecule has 18 heavy (non-hydrogen) atoms. The van der Waals surface area contributed by atoms with Gasteiger partial charge in [0.15, 0.2) is 0 Å². The predicted molar refractivity (Wildman–Crippen MR) is 71.4 cm³/mol. The molecule has 1 aromatic carbocycles. The third-order valence-corrected chi connectivity index (χ3v) is 3.62. The molecule has 2 atom stereocenters. The van der Waals surface area contributed by atoms with Crippen molar-refractivity contribution in [3.05, 3.63) is 34.6 Å². The van der Waals surface area contributed by atoms with Crippen molar-refractivity contribution in [1.82, 2.24) is 5.32 Å². The molecule has 1 aliphatic heterocycles. The van der Waals surface area contributed by atoms with E-state index in [4.69, 9.17) is 16.3 Å². The summed E-state index contributed by atoms with van der Waals surface area (Å²) in [6, 6.07) is 4.95. The highest BCUT2D eigenvalue weighted by molar-refractivity contribution is 6.30. The summed E-state index contributed by atoms with van der Waals surface area (Å²) < 4.78 is 19.3. The van der Waals surface area contributed by atoms with Crippen molar-refractivity contribution in [3.8, 4) is 0 Å². The highest BCUT2D eigenvalue weighted by atomic mass is 35.5. The van der Waals surface area contributed by atoms with E-state index in [0.717, 1.165) is 32.6 Å². The molecule has 1 saturated heterocycles. The number of benzene rings is 1. The van der Waals surface area contributed by atoms with Crippen molar-refractivity contribution in [1.29, 1.82) is 0 Å². The molecule has 100 valence electrons. The fourth-order valence-corrected chi connectivity index (χ4v) is 2.61. The van der Waals surface area contributed by atoms with Crippen LogP contribution in [0, 0.1) is 11.7 Å². The average Bonchev–Trinajstić information content (AvgIpc) is 2.81. The Morgan fingerprint density at radius 2 is 2.39 bits per heavy atom. The van der Waals surface area contributed by atoms with Crippen LogP contribution in [0.4, 0.5) is 4.39 Å². The van der Waals surface area contributed by atoms with Crippen molar-refractivity contribution < 1.29 is 9.13 Å². The van der Waals surface area contributed by atoms with Crippen molar-refractivity contribution in [3.63, 3.8) is 0 Å². The fraction of sp³-hybridized carbons (Fsp3) is 0.571. The quantitative estimate of drug-likeness (QED) is 0.884. The van der Waals surface area contributed by atoms with Crippen molar-refractivity contribution in [2.45, 2.75) is 25.8 Å². The van der Waals surface area contributed by atoms with Gasteiger partial charge >= 0.3 is 0 Å². The van der Waals surface area contributed by atoms with Gasteiger partial charge in [0.05, 0.1) is 0 Å². The number of hydrogen-bond acceptors (Lipinski definition) is 2. The van der Waals surface area contributed by atoms with Gasteiger partial charge in [-0.05, 0) is 37.4 Å². The molecule has 0 bridgehead atoms. The summed E-state index contributed by atoms with van der Waals surface area (Å²) in [6.07, 6.45) is 1.98. The third kappa shape index (κ3) is 3.44. The van der Waals surface area contributed by atoms with Crippen molar-refractivity contribution in [2.75, 3.05) is 19.8 Å². The van der Waals surface area contributed by atoms with E-state index in [1.54, 1.807) is 12.1 Å². The third-order valence-electron chi connectivity index (χ3n) is 3.38. The Balaban J connectivity index is 2.12. The number of hydrogen-bond donors (Lipinski definition) is 1. The Kier molecular flexibility index (Phi) is 4.98. The van der Waals surface area contributed by atoms with Crippen LogP contribution in [-0.4, -0.2) is 19.8 Å². The summed E-state index contributed by atoms with van der Waals surface area (Å²) in [5.74, 6) is 0.288. The maximum Gasteiger partial charge on any atom is 0.129 e. The molecule has 2 rings (SSSR count). The molecule has 1 aromatic rings. The molecule has 1 aliphatic rings. The molecule has 0 aromatic heterocycles. The van der Waals surface area contributed by atoms with E-state index in [2.05, 4.69) is 5.32 Å². The number of rotatable bonds is 5. The maximum atomic E-state index is 13.9. The van der Waals surface area contributed by atoms with Crippen molar-refractivity contribution >= 4 is 11.6 Å². The summed E-state index contributed by atoms with van der Waals surface area (Å²) >= 11 is 5.79. The Bertz CT molecular complexity index is 393. The summed E-state index contributed by atoms with van der Waals surface area (Å²) in [4.78, 5) is 0. The zero-order valence-electron chi connectivity index (χ0n) is 10.6. The lowest BCUT2D eigenvalue weighted by atomic mass is 9.94. The van der Waals surface area contributed by atoms with Gasteiger partial charge in [-0.2, -0.15) is 0 Å². The van der Waals surface area contributed by atoms with Gasteiger partial charge in [0, 0.05) is 29.8 Å². The first-order chi connectivity index (χ1) is 8.70. The van der Waals surface area contributed by atoms with E-state index in [0.29, 0.717) is 16.5 Å². The number of halogens is 2. The minimum atomic E-state index is -0.229. The highest BCUT2D eigenvalue weighted by Crippen LogP contribution is 2.29. The van der Waals surface area contributed by atoms with Crippen LogP contribution in [-0.2, 0) is 4.74 Å². The Morgan fingerprint density at radius 3 is 3.00 bits per heavy atom. The topological polar surface area (TPSA) is 21.3 Å². The van der Waals surface area contributed by atoms with E-state index in [-0.39, 0.29) is 11.9 Å². The molecular weight excluding hydrogens is 253 g/mol. The Morgan fingerprint density at radius 1 is 1.56 bits per heavy atom. The summed E-state index contributed by atoms with van der Waals surface area (Å²) in [6.45, 7) is 4.47. The second kappa shape index (κ2) is 6.50. The monoisotopic (exact) mass is 271 g/mol. The Labute approximate surface area is 112 Å². The van der Waals surface area contributed by atoms with Crippen LogP contribution in [0.3, 0.4) is 0 Å². The molecular formula is C14H19ClFNO. The van der Waals surface area contributed by atoms with Gasteiger partial charge < -0.3 is 10.1 Å². The van der Waals surface area contributed by atoms with Crippen LogP contribution in [0.5, 0.6) is 0 Å². The van der Waals surface area contributed by atoms with Crippen LogP contribution in [0.25, 0.3) is 0 Å². The maximum absolute atomic E-state index is 13.9. The number of nitrogens with one attached hydrogen (secondary N) is 1. The van der Waals surface area contributed by atoms with E-state index < -0.39 is 0 Å². The van der Waals surface area contributed by atoms with Gasteiger partial charge in [-0.1, -0.05) is 24.6 Å². The smallest absolute Gasteiger partial charge is 0.129 e. The minimum Gasteiger partial charge on any atom is -0.381 e. The largest absolute Gasteiger partial charge is 0.381 e. The van der Waals surface area contributed by atoms with E-state index >= 15 is 0 Å². The molecule has 0 spiro atoms. The lowest BCUT2D eigenvalue weighted by Gasteiger charge is -2.21. The van der Waals surface area contributed by atoms with Gasteiger partial charge in [-0.25, -0.2) is 4.39 Å². The van der Waals surface area contributed by atoms with Gasteiger partial charge in [0.2, 0.25) is 0 Å². The molecule has 1 fully saturated rings. The zero-order chi connectivity index (χ0) is 13.0. The molecule has 0 aliphatic carbocycles. The van der Waals surface area contributed by atoms with Crippen LogP contribution in [0.15, 0.2) is 18.2 Å². The lowest BCUT2D eigenvalue weighted by Crippen LogP contribution is -2.24. The molecule has 0 radical (unpaired) electrons. The Hall–Kier alpha value is -0.640. The fourth-order valence-electron chi connectivity index (χ4n) is 2.45. The molecule has 4 heteroatoms. The average molecular weight is 272 g/mol. The molecule has 1 N–H and O–H groups in total. The predicted octanol–water partition coefficient (Wildman–Crippen LogP) is 3.56. The molecule has 0 saturated carbocycles. The summed E-state index contributed by atoms with van der Waals surface area (Å²) in [5.41, 5.74) is 0.702. The second-order valence-electron chi connectivity index (χ2n) is 4.74. The first-order valence-electron chi connectivity index (χ1n) is 6.46. The van der Waals surface area contributed by atoms with E-state index in [1.165, 1.54) is 6.07 Å². The summed E-state index contributed by atoms with van der Waals surface area (Å²) in [5, 5.41) is 3.79. The zero-order valence-corrected chi connectivity index (χ0v) is 11.3. The van der Waals surface area contributed by atoms with Gasteiger partial charge in [0.1, 0.15) is 5.82 Å². The van der Waals surface area contributed by atoms with E-state index in [1.807, 2.05) is 6.92 Å². The first kappa shape index (κ1) is 13.8. The van der Waals surface area contributed by atoms with Gasteiger partial charge in [-0.3, -0.25) is 0 Å². The van der Waals surface area contributed by atoms with Gasteiger partial charge in [0.25, 0.3) is 0 Å². The summed E-state index contributed by atoms with van der Waals surface area (Å²) in [7, 11) is 0. The lowest BCUT2D eigenvalue weighted by molar-refractivity contribution is 0.181. The van der Waals surface area contributed by atoms with E-state index in [9.17, 15) is 4.39 Å². The SMILES string of the molecule is CCNC(CC1CCOC1)c1ccc(Cl)cc1F. The second-order valence-corrected chi connectivity index (χ2v) is 5.18. The standard InChI is InChI=1S/C14H19ClFNO/c1-2-17-14(7-10-5-6-18-9-10)12-4-3-11(15)8-13(12)16/h3-4,8,10,14,17H,2,5-7,9H2,1H3. The molecule has 2 nitrogen and oxygen atoms in total. The number of ether oxygens (including phenoxy) is 1. The van der Waals surface area contributed by atoms with Gasteiger partial charge in [-0.15, -0.1) is 0 Å². The minimum absolute atomic E-state index is 0.0407. The molecule has 0 amide bonds. The van der Waals surface area contributed by atoms with Crippen LogP contribution >= 0.6 is 11.6 Å². The normalized spacial score (nSPS) is 21.2. The van der Waals surface area contributed by atoms with Crippen molar-refractivity contribution in [2.24, 2.45) is 5.92 Å². The van der Waals surface area contributed by atoms with Crippen LogP contribution in [0.2, 0.25) is 5.02 Å².